The molecule has 3 nitrogen and oxygen atoms in total. The van der Waals surface area contributed by atoms with Crippen LogP contribution in [-0.4, -0.2) is 16.4 Å². The third-order valence-electron chi connectivity index (χ3n) is 2.60. The van der Waals surface area contributed by atoms with Crippen molar-refractivity contribution < 1.29 is 0 Å². The molecule has 2 aliphatic rings. The lowest BCUT2D eigenvalue weighted by Gasteiger charge is -2.00. The van der Waals surface area contributed by atoms with Crippen LogP contribution >= 0.6 is 0 Å². The third-order valence-corrected chi connectivity index (χ3v) is 2.60. The molecule has 3 rings (SSSR count). The lowest BCUT2D eigenvalue weighted by molar-refractivity contribution is 1.09. The first-order valence-electron chi connectivity index (χ1n) is 4.83. The smallest absolute Gasteiger partial charge is 0.0870 e. The highest BCUT2D eigenvalue weighted by Crippen LogP contribution is 2.34. The largest absolute Gasteiger partial charge is 0.256 e. The predicted octanol–water partition coefficient (Wildman–Crippen LogP) is 2.38. The Morgan fingerprint density at radius 1 is 0.929 bits per heavy atom. The zero-order valence-corrected chi connectivity index (χ0v) is 8.33. The van der Waals surface area contributed by atoms with E-state index in [-0.39, 0.29) is 0 Å². The summed E-state index contributed by atoms with van der Waals surface area (Å²) in [4.78, 5) is 13.5. The van der Waals surface area contributed by atoms with E-state index in [1.165, 1.54) is 0 Å². The summed E-state index contributed by atoms with van der Waals surface area (Å²) in [6.45, 7) is 4.09. The monoisotopic (exact) mass is 185 g/mol. The highest BCUT2D eigenvalue weighted by Gasteiger charge is 2.19. The maximum atomic E-state index is 4.61. The van der Waals surface area contributed by atoms with Crippen LogP contribution in [0.3, 0.4) is 0 Å². The molecule has 2 aliphatic heterocycles. The van der Waals surface area contributed by atoms with Crippen molar-refractivity contribution in [2.75, 3.05) is 0 Å². The van der Waals surface area contributed by atoms with E-state index in [1.807, 2.05) is 13.8 Å². The number of aliphatic imine (C=N–C) groups is 2. The van der Waals surface area contributed by atoms with Crippen molar-refractivity contribution in [3.8, 4) is 0 Å². The first-order valence-corrected chi connectivity index (χ1v) is 4.83. The van der Waals surface area contributed by atoms with Crippen molar-refractivity contribution >= 4 is 22.8 Å². The first kappa shape index (κ1) is 7.85. The molecule has 1 aromatic heterocycles. The molecule has 1 aromatic rings. The third kappa shape index (κ3) is 1.02. The van der Waals surface area contributed by atoms with Crippen molar-refractivity contribution in [2.45, 2.75) is 26.7 Å². The SMILES string of the molecule is CC1=Nc2cc3c(nc2C1)CC(C)=N3. The van der Waals surface area contributed by atoms with Crippen molar-refractivity contribution in [2.24, 2.45) is 9.98 Å². The molecule has 0 radical (unpaired) electrons. The van der Waals surface area contributed by atoms with E-state index < -0.39 is 0 Å². The summed E-state index contributed by atoms with van der Waals surface area (Å²) in [5.74, 6) is 0. The molecule has 0 saturated carbocycles. The van der Waals surface area contributed by atoms with Crippen molar-refractivity contribution in [3.63, 3.8) is 0 Å². The summed E-state index contributed by atoms with van der Waals surface area (Å²) in [5, 5.41) is 0. The van der Waals surface area contributed by atoms with Crippen LogP contribution in [0.2, 0.25) is 0 Å². The second-order valence-corrected chi connectivity index (χ2v) is 3.97. The van der Waals surface area contributed by atoms with E-state index in [2.05, 4.69) is 21.0 Å². The van der Waals surface area contributed by atoms with Gasteiger partial charge in [0.15, 0.2) is 0 Å². The number of hydrogen-bond donors (Lipinski definition) is 0. The Kier molecular flexibility index (Phi) is 1.40. The van der Waals surface area contributed by atoms with Gasteiger partial charge in [0.05, 0.1) is 22.8 Å². The number of aromatic nitrogens is 1. The number of pyridine rings is 1. The second kappa shape index (κ2) is 2.50. The zero-order valence-electron chi connectivity index (χ0n) is 8.33. The number of rotatable bonds is 0. The van der Waals surface area contributed by atoms with Gasteiger partial charge >= 0.3 is 0 Å². The van der Waals surface area contributed by atoms with Crippen LogP contribution in [0.15, 0.2) is 16.1 Å². The summed E-state index contributed by atoms with van der Waals surface area (Å²) >= 11 is 0. The lowest BCUT2D eigenvalue weighted by Crippen LogP contribution is -1.97. The van der Waals surface area contributed by atoms with Gasteiger partial charge in [-0.15, -0.1) is 0 Å². The molecule has 0 spiro atoms. The van der Waals surface area contributed by atoms with Gasteiger partial charge in [0.25, 0.3) is 0 Å². The van der Waals surface area contributed by atoms with Gasteiger partial charge in [0, 0.05) is 24.3 Å². The molecule has 0 bridgehead atoms. The predicted molar refractivity (Wildman–Crippen MR) is 57.2 cm³/mol. The summed E-state index contributed by atoms with van der Waals surface area (Å²) in [6.07, 6.45) is 1.81. The van der Waals surface area contributed by atoms with E-state index in [0.717, 1.165) is 47.0 Å². The molecular formula is C11H11N3. The van der Waals surface area contributed by atoms with Crippen molar-refractivity contribution in [1.82, 2.24) is 4.98 Å². The standard InChI is InChI=1S/C11H11N3/c1-6-3-8-10(12-6)5-11-9(14-8)4-7(2)13-11/h5H,3-4H2,1-2H3. The highest BCUT2D eigenvalue weighted by molar-refractivity contribution is 5.95. The molecule has 3 heteroatoms. The average molecular weight is 185 g/mol. The zero-order chi connectivity index (χ0) is 9.71. The van der Waals surface area contributed by atoms with Crippen molar-refractivity contribution in [3.05, 3.63) is 17.5 Å². The molecule has 0 unspecified atom stereocenters. The van der Waals surface area contributed by atoms with Crippen LogP contribution < -0.4 is 0 Å². The Hall–Kier alpha value is -1.51. The molecule has 0 N–H and O–H groups in total. The molecule has 0 atom stereocenters. The van der Waals surface area contributed by atoms with Gasteiger partial charge in [-0.2, -0.15) is 0 Å². The van der Waals surface area contributed by atoms with Gasteiger partial charge in [-0.25, -0.2) is 0 Å². The molecule has 0 aromatic carbocycles. The van der Waals surface area contributed by atoms with Crippen LogP contribution in [0.25, 0.3) is 0 Å². The first-order chi connectivity index (χ1) is 6.72. The van der Waals surface area contributed by atoms with Crippen LogP contribution in [0.4, 0.5) is 11.4 Å². The van der Waals surface area contributed by atoms with Gasteiger partial charge in [-0.3, -0.25) is 15.0 Å². The minimum atomic E-state index is 0.904. The van der Waals surface area contributed by atoms with E-state index >= 15 is 0 Å². The molecule has 70 valence electrons. The minimum Gasteiger partial charge on any atom is -0.256 e. The number of nitrogens with zero attached hydrogens (tertiary/aromatic N) is 3. The number of fused-ring (bicyclic) bond motifs is 2. The summed E-state index contributed by atoms with van der Waals surface area (Å²) < 4.78 is 0. The molecule has 3 heterocycles. The molecule has 0 aliphatic carbocycles. The topological polar surface area (TPSA) is 37.6 Å². The second-order valence-electron chi connectivity index (χ2n) is 3.97. The van der Waals surface area contributed by atoms with Gasteiger partial charge in [-0.1, -0.05) is 0 Å². The summed E-state index contributed by atoms with van der Waals surface area (Å²) in [7, 11) is 0. The summed E-state index contributed by atoms with van der Waals surface area (Å²) in [6, 6.07) is 2.06. The molecule has 0 saturated heterocycles. The van der Waals surface area contributed by atoms with Crippen molar-refractivity contribution in [1.29, 1.82) is 0 Å². The van der Waals surface area contributed by atoms with Crippen LogP contribution in [0, 0.1) is 0 Å². The Morgan fingerprint density at radius 3 is 1.93 bits per heavy atom. The van der Waals surface area contributed by atoms with E-state index in [9.17, 15) is 0 Å². The quantitative estimate of drug-likeness (QED) is 0.611. The van der Waals surface area contributed by atoms with Gasteiger partial charge in [0.2, 0.25) is 0 Å². The van der Waals surface area contributed by atoms with E-state index in [1.54, 1.807) is 0 Å². The Labute approximate surface area is 82.6 Å². The van der Waals surface area contributed by atoms with Gasteiger partial charge in [-0.05, 0) is 19.9 Å². The van der Waals surface area contributed by atoms with Crippen LogP contribution in [-0.2, 0) is 12.8 Å². The lowest BCUT2D eigenvalue weighted by atomic mass is 10.2. The highest BCUT2D eigenvalue weighted by atomic mass is 14.9. The Bertz CT molecular complexity index is 442. The number of hydrogen-bond acceptors (Lipinski definition) is 3. The minimum absolute atomic E-state index is 0.904. The normalized spacial score (nSPS) is 17.6. The van der Waals surface area contributed by atoms with E-state index in [4.69, 9.17) is 0 Å². The average Bonchev–Trinajstić information content (AvgIpc) is 2.59. The molecular weight excluding hydrogens is 174 g/mol. The maximum absolute atomic E-state index is 4.61. The molecule has 0 amide bonds. The Morgan fingerprint density at radius 2 is 1.43 bits per heavy atom. The fraction of sp³-hybridized carbons (Fsp3) is 0.364. The molecule has 0 fully saturated rings. The fourth-order valence-corrected chi connectivity index (χ4v) is 2.00. The Balaban J connectivity index is 2.16. The fourth-order valence-electron chi connectivity index (χ4n) is 2.00. The van der Waals surface area contributed by atoms with Crippen LogP contribution in [0.1, 0.15) is 25.2 Å². The van der Waals surface area contributed by atoms with Crippen LogP contribution in [0.5, 0.6) is 0 Å². The van der Waals surface area contributed by atoms with Gasteiger partial charge in [0.1, 0.15) is 0 Å². The summed E-state index contributed by atoms with van der Waals surface area (Å²) in [5.41, 5.74) is 6.56. The van der Waals surface area contributed by atoms with Gasteiger partial charge < -0.3 is 0 Å². The maximum Gasteiger partial charge on any atom is 0.0870 e. The molecule has 14 heavy (non-hydrogen) atoms. The van der Waals surface area contributed by atoms with E-state index in [0.29, 0.717) is 0 Å².